The molecule has 0 aliphatic carbocycles. The third-order valence-electron chi connectivity index (χ3n) is 3.36. The van der Waals surface area contributed by atoms with Crippen molar-refractivity contribution in [1.29, 1.82) is 0 Å². The molecule has 7 heteroatoms. The molecule has 0 amide bonds. The number of hydrogen-bond acceptors (Lipinski definition) is 4. The van der Waals surface area contributed by atoms with Crippen LogP contribution in [0.25, 0.3) is 0 Å². The summed E-state index contributed by atoms with van der Waals surface area (Å²) in [5, 5.41) is 6.89. The smallest absolute Gasteiger partial charge is 0.229 e. The molecule has 2 N–H and O–H groups in total. The number of rotatable bonds is 4. The molecule has 0 fully saturated rings. The first-order valence-corrected chi connectivity index (χ1v) is 7.86. The Balaban J connectivity index is 1.81. The maximum absolute atomic E-state index is 13.2. The molecule has 3 aromatic rings. The maximum atomic E-state index is 13.2. The lowest BCUT2D eigenvalue weighted by Gasteiger charge is -2.11. The van der Waals surface area contributed by atoms with Gasteiger partial charge in [-0.2, -0.15) is 4.98 Å². The molecule has 0 saturated carbocycles. The molecule has 0 aliphatic heterocycles. The Kier molecular flexibility index (Phi) is 4.83. The van der Waals surface area contributed by atoms with E-state index in [4.69, 9.17) is 23.2 Å². The van der Waals surface area contributed by atoms with E-state index in [2.05, 4.69) is 20.6 Å². The zero-order valence-electron chi connectivity index (χ0n) is 12.6. The van der Waals surface area contributed by atoms with E-state index in [1.807, 2.05) is 25.1 Å². The fourth-order valence-corrected chi connectivity index (χ4v) is 2.43. The van der Waals surface area contributed by atoms with Crippen LogP contribution in [0.2, 0.25) is 10.0 Å². The molecule has 122 valence electrons. The summed E-state index contributed by atoms with van der Waals surface area (Å²) in [4.78, 5) is 8.52. The summed E-state index contributed by atoms with van der Waals surface area (Å²) in [7, 11) is 0. The van der Waals surface area contributed by atoms with Gasteiger partial charge in [-0.05, 0) is 48.9 Å². The number of hydrogen-bond donors (Lipinski definition) is 2. The fourth-order valence-electron chi connectivity index (χ4n) is 2.07. The number of anilines is 4. The molecule has 1 aromatic heterocycles. The summed E-state index contributed by atoms with van der Waals surface area (Å²) in [6.45, 7) is 1.92. The standard InChI is InChI=1S/C17H13Cl2FN4/c1-10-12(18)3-2-4-15(10)23-16-7-8-21-17(24-16)22-11-5-6-14(20)13(19)9-11/h2-9H,1H3,(H2,21,22,23,24). The van der Waals surface area contributed by atoms with Crippen LogP contribution < -0.4 is 10.6 Å². The van der Waals surface area contributed by atoms with Crippen molar-refractivity contribution in [3.63, 3.8) is 0 Å². The third kappa shape index (κ3) is 3.75. The van der Waals surface area contributed by atoms with Crippen molar-refractivity contribution in [3.05, 3.63) is 70.1 Å². The molecule has 3 rings (SSSR count). The highest BCUT2D eigenvalue weighted by molar-refractivity contribution is 6.31. The summed E-state index contributed by atoms with van der Waals surface area (Å²) >= 11 is 11.9. The van der Waals surface area contributed by atoms with E-state index in [1.54, 1.807) is 18.3 Å². The van der Waals surface area contributed by atoms with E-state index in [9.17, 15) is 4.39 Å². The van der Waals surface area contributed by atoms with Gasteiger partial charge in [0.05, 0.1) is 5.02 Å². The monoisotopic (exact) mass is 362 g/mol. The summed E-state index contributed by atoms with van der Waals surface area (Å²) < 4.78 is 13.2. The molecule has 0 unspecified atom stereocenters. The van der Waals surface area contributed by atoms with Gasteiger partial charge in [0, 0.05) is 22.6 Å². The normalized spacial score (nSPS) is 10.5. The van der Waals surface area contributed by atoms with Gasteiger partial charge in [-0.15, -0.1) is 0 Å². The Bertz CT molecular complexity index is 886. The highest BCUT2D eigenvalue weighted by atomic mass is 35.5. The first-order chi connectivity index (χ1) is 11.5. The van der Waals surface area contributed by atoms with E-state index >= 15 is 0 Å². The highest BCUT2D eigenvalue weighted by Gasteiger charge is 2.06. The predicted molar refractivity (Wildman–Crippen MR) is 96.2 cm³/mol. The van der Waals surface area contributed by atoms with Crippen LogP contribution in [-0.4, -0.2) is 9.97 Å². The molecule has 0 aliphatic rings. The van der Waals surface area contributed by atoms with Crippen LogP contribution in [0.3, 0.4) is 0 Å². The fraction of sp³-hybridized carbons (Fsp3) is 0.0588. The summed E-state index contributed by atoms with van der Waals surface area (Å²) in [5.74, 6) is 0.489. The number of aromatic nitrogens is 2. The van der Waals surface area contributed by atoms with E-state index < -0.39 is 5.82 Å². The van der Waals surface area contributed by atoms with Crippen LogP contribution in [0.15, 0.2) is 48.7 Å². The minimum atomic E-state index is -0.477. The Morgan fingerprint density at radius 3 is 2.62 bits per heavy atom. The molecule has 0 saturated heterocycles. The molecule has 0 radical (unpaired) electrons. The summed E-state index contributed by atoms with van der Waals surface area (Å²) in [6, 6.07) is 11.7. The molecular formula is C17H13Cl2FN4. The van der Waals surface area contributed by atoms with Gasteiger partial charge in [0.15, 0.2) is 0 Å². The molecule has 2 aromatic carbocycles. The van der Waals surface area contributed by atoms with Crippen molar-refractivity contribution < 1.29 is 4.39 Å². The van der Waals surface area contributed by atoms with Crippen molar-refractivity contribution in [1.82, 2.24) is 9.97 Å². The van der Waals surface area contributed by atoms with Gasteiger partial charge in [0.2, 0.25) is 5.95 Å². The molecule has 24 heavy (non-hydrogen) atoms. The van der Waals surface area contributed by atoms with Gasteiger partial charge in [0.25, 0.3) is 0 Å². The van der Waals surface area contributed by atoms with Crippen molar-refractivity contribution in [2.24, 2.45) is 0 Å². The molecular weight excluding hydrogens is 350 g/mol. The van der Waals surface area contributed by atoms with E-state index in [0.717, 1.165) is 11.3 Å². The molecule has 0 spiro atoms. The first kappa shape index (κ1) is 16.5. The van der Waals surface area contributed by atoms with Gasteiger partial charge >= 0.3 is 0 Å². The number of halogens is 3. The van der Waals surface area contributed by atoms with Crippen LogP contribution in [-0.2, 0) is 0 Å². The quantitative estimate of drug-likeness (QED) is 0.623. The average Bonchev–Trinajstić information content (AvgIpc) is 2.56. The minimum Gasteiger partial charge on any atom is -0.340 e. The van der Waals surface area contributed by atoms with Crippen LogP contribution in [0, 0.1) is 12.7 Å². The van der Waals surface area contributed by atoms with Gasteiger partial charge in [-0.1, -0.05) is 29.3 Å². The SMILES string of the molecule is Cc1c(Cl)cccc1Nc1ccnc(Nc2ccc(F)c(Cl)c2)n1. The van der Waals surface area contributed by atoms with Gasteiger partial charge in [-0.3, -0.25) is 0 Å². The van der Waals surface area contributed by atoms with E-state index in [-0.39, 0.29) is 5.02 Å². The van der Waals surface area contributed by atoms with Crippen LogP contribution in [0.5, 0.6) is 0 Å². The Morgan fingerprint density at radius 1 is 1.00 bits per heavy atom. The minimum absolute atomic E-state index is 0.0313. The first-order valence-electron chi connectivity index (χ1n) is 7.10. The lowest BCUT2D eigenvalue weighted by Crippen LogP contribution is -2.01. The number of nitrogens with one attached hydrogen (secondary N) is 2. The molecule has 1 heterocycles. The molecule has 0 atom stereocenters. The van der Waals surface area contributed by atoms with Crippen molar-refractivity contribution in [2.75, 3.05) is 10.6 Å². The zero-order valence-corrected chi connectivity index (χ0v) is 14.2. The van der Waals surface area contributed by atoms with Gasteiger partial charge in [0.1, 0.15) is 11.6 Å². The van der Waals surface area contributed by atoms with Crippen LogP contribution >= 0.6 is 23.2 Å². The lowest BCUT2D eigenvalue weighted by atomic mass is 10.2. The van der Waals surface area contributed by atoms with Gasteiger partial charge in [-0.25, -0.2) is 9.37 Å². The summed E-state index contributed by atoms with van der Waals surface area (Å²) in [5.41, 5.74) is 2.38. The third-order valence-corrected chi connectivity index (χ3v) is 4.06. The van der Waals surface area contributed by atoms with Gasteiger partial charge < -0.3 is 10.6 Å². The second-order valence-corrected chi connectivity index (χ2v) is 5.87. The molecule has 0 bridgehead atoms. The van der Waals surface area contributed by atoms with Crippen LogP contribution in [0.4, 0.5) is 27.5 Å². The largest absolute Gasteiger partial charge is 0.340 e. The summed E-state index contributed by atoms with van der Waals surface area (Å²) in [6.07, 6.45) is 1.61. The Morgan fingerprint density at radius 2 is 1.83 bits per heavy atom. The van der Waals surface area contributed by atoms with Crippen molar-refractivity contribution in [2.45, 2.75) is 6.92 Å². The van der Waals surface area contributed by atoms with Crippen molar-refractivity contribution >= 4 is 46.3 Å². The molecule has 4 nitrogen and oxygen atoms in total. The average molecular weight is 363 g/mol. The second-order valence-electron chi connectivity index (χ2n) is 5.06. The lowest BCUT2D eigenvalue weighted by molar-refractivity contribution is 0.628. The topological polar surface area (TPSA) is 49.8 Å². The number of benzene rings is 2. The van der Waals surface area contributed by atoms with Crippen molar-refractivity contribution in [3.8, 4) is 0 Å². The number of nitrogens with zero attached hydrogens (tertiary/aromatic N) is 2. The van der Waals surface area contributed by atoms with E-state index in [1.165, 1.54) is 12.1 Å². The van der Waals surface area contributed by atoms with Crippen LogP contribution in [0.1, 0.15) is 5.56 Å². The Labute approximate surface area is 148 Å². The maximum Gasteiger partial charge on any atom is 0.229 e. The predicted octanol–water partition coefficient (Wildman–Crippen LogP) is 5.72. The second kappa shape index (κ2) is 7.03. The zero-order chi connectivity index (χ0) is 17.1. The van der Waals surface area contributed by atoms with E-state index in [0.29, 0.717) is 22.5 Å². The highest BCUT2D eigenvalue weighted by Crippen LogP contribution is 2.26. The Hall–Kier alpha value is -2.37.